The number of aldehydes is 1. The monoisotopic (exact) mass is 216 g/mol. The number of carbonyl (C=O) groups is 1. The topological polar surface area (TPSA) is 17.1 Å². The van der Waals surface area contributed by atoms with Gasteiger partial charge in [0.25, 0.3) is 0 Å². The number of benzene rings is 1. The van der Waals surface area contributed by atoms with Crippen LogP contribution in [-0.2, 0) is 12.8 Å². The van der Waals surface area contributed by atoms with E-state index in [9.17, 15) is 4.79 Å². The van der Waals surface area contributed by atoms with E-state index in [0.717, 1.165) is 24.7 Å². The van der Waals surface area contributed by atoms with Crippen molar-refractivity contribution in [1.29, 1.82) is 0 Å². The van der Waals surface area contributed by atoms with Crippen molar-refractivity contribution >= 4 is 17.6 Å². The highest BCUT2D eigenvalue weighted by Gasteiger charge is 1.99. The van der Waals surface area contributed by atoms with E-state index in [-0.39, 0.29) is 0 Å². The average molecular weight is 216 g/mol. The van der Waals surface area contributed by atoms with Crippen LogP contribution in [0, 0.1) is 0 Å². The van der Waals surface area contributed by atoms with Gasteiger partial charge in [-0.1, -0.05) is 30.3 Å². The maximum atomic E-state index is 10.5. The largest absolute Gasteiger partial charge is 0.298 e. The Balaban J connectivity index is 1.96. The number of hydrogen-bond acceptors (Lipinski definition) is 2. The minimum Gasteiger partial charge on any atom is -0.298 e. The molecule has 0 fully saturated rings. The van der Waals surface area contributed by atoms with Crippen molar-refractivity contribution in [1.82, 2.24) is 0 Å². The van der Waals surface area contributed by atoms with Gasteiger partial charge in [0.15, 0.2) is 6.29 Å². The molecule has 2 rings (SSSR count). The molecule has 76 valence electrons. The third-order valence-electron chi connectivity index (χ3n) is 2.31. The molecule has 1 nitrogen and oxygen atoms in total. The Labute approximate surface area is 93.4 Å². The molecular formula is C13H12OS. The fourth-order valence-corrected chi connectivity index (χ4v) is 2.34. The highest BCUT2D eigenvalue weighted by Crippen LogP contribution is 2.15. The molecule has 0 spiro atoms. The Morgan fingerprint density at radius 1 is 1.13 bits per heavy atom. The van der Waals surface area contributed by atoms with Gasteiger partial charge in [0.1, 0.15) is 0 Å². The molecule has 0 aliphatic carbocycles. The van der Waals surface area contributed by atoms with E-state index in [0.29, 0.717) is 0 Å². The van der Waals surface area contributed by atoms with Gasteiger partial charge >= 0.3 is 0 Å². The van der Waals surface area contributed by atoms with Gasteiger partial charge in [0, 0.05) is 15.8 Å². The van der Waals surface area contributed by atoms with Gasteiger partial charge in [0.2, 0.25) is 0 Å². The van der Waals surface area contributed by atoms with E-state index >= 15 is 0 Å². The Morgan fingerprint density at radius 3 is 2.60 bits per heavy atom. The number of hydrogen-bond donors (Lipinski definition) is 0. The Hall–Kier alpha value is -1.41. The van der Waals surface area contributed by atoms with Gasteiger partial charge in [0.05, 0.1) is 0 Å². The number of thiophene rings is 1. The lowest BCUT2D eigenvalue weighted by molar-refractivity contribution is 0.112. The van der Waals surface area contributed by atoms with Crippen LogP contribution in [0.25, 0.3) is 0 Å². The molecular weight excluding hydrogens is 204 g/mol. The summed E-state index contributed by atoms with van der Waals surface area (Å²) in [6.07, 6.45) is 2.96. The molecule has 2 aromatic rings. The van der Waals surface area contributed by atoms with Gasteiger partial charge in [-0.2, -0.15) is 0 Å². The van der Waals surface area contributed by atoms with Crippen molar-refractivity contribution < 1.29 is 4.79 Å². The number of aryl methyl sites for hydroxylation is 2. The number of rotatable bonds is 4. The lowest BCUT2D eigenvalue weighted by Crippen LogP contribution is -1.87. The molecule has 15 heavy (non-hydrogen) atoms. The second kappa shape index (κ2) is 4.89. The van der Waals surface area contributed by atoms with Crippen LogP contribution < -0.4 is 0 Å². The Morgan fingerprint density at radius 2 is 1.93 bits per heavy atom. The maximum absolute atomic E-state index is 10.5. The zero-order valence-corrected chi connectivity index (χ0v) is 9.17. The fourth-order valence-electron chi connectivity index (χ4n) is 1.50. The van der Waals surface area contributed by atoms with E-state index in [4.69, 9.17) is 0 Å². The van der Waals surface area contributed by atoms with Crippen molar-refractivity contribution in [2.75, 3.05) is 0 Å². The molecule has 1 aromatic heterocycles. The lowest BCUT2D eigenvalue weighted by Gasteiger charge is -1.98. The van der Waals surface area contributed by atoms with Crippen LogP contribution in [0.15, 0.2) is 41.8 Å². The highest BCUT2D eigenvalue weighted by atomic mass is 32.1. The third kappa shape index (κ3) is 2.77. The molecule has 0 atom stereocenters. The third-order valence-corrected chi connectivity index (χ3v) is 3.33. The van der Waals surface area contributed by atoms with Crippen molar-refractivity contribution in [3.63, 3.8) is 0 Å². The first-order valence-corrected chi connectivity index (χ1v) is 5.83. The van der Waals surface area contributed by atoms with Crippen LogP contribution >= 0.6 is 11.3 Å². The first-order chi connectivity index (χ1) is 7.38. The highest BCUT2D eigenvalue weighted by molar-refractivity contribution is 7.10. The average Bonchev–Trinajstić information content (AvgIpc) is 2.76. The summed E-state index contributed by atoms with van der Waals surface area (Å²) in [5.74, 6) is 0. The summed E-state index contributed by atoms with van der Waals surface area (Å²) in [5.41, 5.74) is 2.14. The molecule has 0 amide bonds. The predicted octanol–water partition coefficient (Wildman–Crippen LogP) is 3.35. The van der Waals surface area contributed by atoms with Crippen LogP contribution in [0.5, 0.6) is 0 Å². The maximum Gasteiger partial charge on any atom is 0.150 e. The predicted molar refractivity (Wildman–Crippen MR) is 63.6 cm³/mol. The molecule has 0 saturated heterocycles. The molecule has 1 aromatic carbocycles. The Bertz CT molecular complexity index is 431. The molecule has 0 aliphatic heterocycles. The molecule has 2 heteroatoms. The van der Waals surface area contributed by atoms with Crippen molar-refractivity contribution in [3.05, 3.63) is 57.8 Å². The molecule has 0 unspecified atom stereocenters. The SMILES string of the molecule is O=Cc1csc(CCc2ccccc2)c1. The molecule has 0 aliphatic rings. The van der Waals surface area contributed by atoms with Gasteiger partial charge in [-0.25, -0.2) is 0 Å². The molecule has 1 heterocycles. The molecule has 0 N–H and O–H groups in total. The van der Waals surface area contributed by atoms with E-state index < -0.39 is 0 Å². The van der Waals surface area contributed by atoms with Crippen molar-refractivity contribution in [2.45, 2.75) is 12.8 Å². The minimum atomic E-state index is 0.795. The standard InChI is InChI=1S/C13H12OS/c14-9-12-8-13(15-10-12)7-6-11-4-2-1-3-5-11/h1-5,8-10H,6-7H2. The zero-order chi connectivity index (χ0) is 10.5. The number of carbonyl (C=O) groups excluding carboxylic acids is 1. The van der Waals surface area contributed by atoms with Crippen molar-refractivity contribution in [3.8, 4) is 0 Å². The van der Waals surface area contributed by atoms with Crippen LogP contribution in [-0.4, -0.2) is 6.29 Å². The Kier molecular flexibility index (Phi) is 3.30. The van der Waals surface area contributed by atoms with Crippen molar-refractivity contribution in [2.24, 2.45) is 0 Å². The first kappa shape index (κ1) is 10.1. The summed E-state index contributed by atoms with van der Waals surface area (Å²) in [6.45, 7) is 0. The van der Waals surface area contributed by atoms with Crippen LogP contribution in [0.4, 0.5) is 0 Å². The smallest absolute Gasteiger partial charge is 0.150 e. The van der Waals surface area contributed by atoms with Crippen LogP contribution in [0.3, 0.4) is 0 Å². The normalized spacial score (nSPS) is 10.1. The second-order valence-corrected chi connectivity index (χ2v) is 4.45. The van der Waals surface area contributed by atoms with E-state index in [2.05, 4.69) is 24.3 Å². The summed E-state index contributed by atoms with van der Waals surface area (Å²) >= 11 is 1.66. The van der Waals surface area contributed by atoms with E-state index in [1.165, 1.54) is 10.4 Å². The van der Waals surface area contributed by atoms with Gasteiger partial charge in [-0.05, 0) is 24.5 Å². The van der Waals surface area contributed by atoms with E-state index in [1.54, 1.807) is 11.3 Å². The second-order valence-electron chi connectivity index (χ2n) is 3.45. The van der Waals surface area contributed by atoms with Gasteiger partial charge in [-0.3, -0.25) is 4.79 Å². The minimum absolute atomic E-state index is 0.795. The van der Waals surface area contributed by atoms with Crippen LogP contribution in [0.2, 0.25) is 0 Å². The fraction of sp³-hybridized carbons (Fsp3) is 0.154. The summed E-state index contributed by atoms with van der Waals surface area (Å²) in [7, 11) is 0. The van der Waals surface area contributed by atoms with E-state index in [1.807, 2.05) is 17.5 Å². The molecule has 0 bridgehead atoms. The molecule has 0 saturated carbocycles. The molecule has 0 radical (unpaired) electrons. The quantitative estimate of drug-likeness (QED) is 0.716. The summed E-state index contributed by atoms with van der Waals surface area (Å²) in [4.78, 5) is 11.8. The summed E-state index contributed by atoms with van der Waals surface area (Å²) in [5, 5.41) is 1.91. The zero-order valence-electron chi connectivity index (χ0n) is 8.35. The first-order valence-electron chi connectivity index (χ1n) is 4.95. The lowest BCUT2D eigenvalue weighted by atomic mass is 10.1. The van der Waals surface area contributed by atoms with Gasteiger partial charge < -0.3 is 0 Å². The van der Waals surface area contributed by atoms with Gasteiger partial charge in [-0.15, -0.1) is 11.3 Å². The summed E-state index contributed by atoms with van der Waals surface area (Å²) < 4.78 is 0. The summed E-state index contributed by atoms with van der Waals surface area (Å²) in [6, 6.07) is 12.4. The van der Waals surface area contributed by atoms with Crippen LogP contribution in [0.1, 0.15) is 20.8 Å².